The predicted molar refractivity (Wildman–Crippen MR) is 39.8 cm³/mol. The first-order valence-electron chi connectivity index (χ1n) is 3.16. The van der Waals surface area contributed by atoms with Gasteiger partial charge in [0.15, 0.2) is 0 Å². The van der Waals surface area contributed by atoms with Crippen LogP contribution in [-0.2, 0) is 4.79 Å². The van der Waals surface area contributed by atoms with Gasteiger partial charge in [0.2, 0.25) is 0 Å². The standard InChI is InChI=1S/C8H8NO2/c9-7(8(10)11)6-4-2-1-3-5-6/h1-2,4-5,7H,9H2,(H,10,11). The van der Waals surface area contributed by atoms with Gasteiger partial charge in [0.1, 0.15) is 6.04 Å². The third kappa shape index (κ3) is 1.78. The Bertz CT molecular complexity index is 246. The van der Waals surface area contributed by atoms with Crippen molar-refractivity contribution >= 4 is 5.97 Å². The Balaban J connectivity index is 2.85. The van der Waals surface area contributed by atoms with Crippen molar-refractivity contribution in [3.8, 4) is 0 Å². The highest BCUT2D eigenvalue weighted by Crippen LogP contribution is 2.07. The molecule has 0 saturated heterocycles. The molecule has 11 heavy (non-hydrogen) atoms. The normalized spacial score (nSPS) is 12.5. The Hall–Kier alpha value is -1.35. The van der Waals surface area contributed by atoms with Crippen LogP contribution in [0.1, 0.15) is 11.6 Å². The van der Waals surface area contributed by atoms with Crippen LogP contribution in [0.15, 0.2) is 24.3 Å². The van der Waals surface area contributed by atoms with E-state index >= 15 is 0 Å². The van der Waals surface area contributed by atoms with E-state index in [4.69, 9.17) is 10.8 Å². The van der Waals surface area contributed by atoms with Crippen LogP contribution in [0.4, 0.5) is 0 Å². The summed E-state index contributed by atoms with van der Waals surface area (Å²) < 4.78 is 0. The average molecular weight is 150 g/mol. The van der Waals surface area contributed by atoms with Crippen LogP contribution < -0.4 is 5.73 Å². The third-order valence-corrected chi connectivity index (χ3v) is 1.36. The summed E-state index contributed by atoms with van der Waals surface area (Å²) in [5.41, 5.74) is 5.89. The third-order valence-electron chi connectivity index (χ3n) is 1.36. The summed E-state index contributed by atoms with van der Waals surface area (Å²) in [5, 5.41) is 8.50. The molecule has 0 amide bonds. The minimum atomic E-state index is -1.02. The summed E-state index contributed by atoms with van der Waals surface area (Å²) >= 11 is 0. The van der Waals surface area contributed by atoms with E-state index < -0.39 is 12.0 Å². The highest BCUT2D eigenvalue weighted by molar-refractivity contribution is 5.75. The molecule has 3 nitrogen and oxygen atoms in total. The molecule has 1 unspecified atom stereocenters. The molecule has 1 radical (unpaired) electrons. The number of nitrogens with two attached hydrogens (primary N) is 1. The molecule has 57 valence electrons. The number of aliphatic carboxylic acids is 1. The zero-order valence-corrected chi connectivity index (χ0v) is 5.82. The van der Waals surface area contributed by atoms with Gasteiger partial charge in [0, 0.05) is 0 Å². The van der Waals surface area contributed by atoms with E-state index in [2.05, 4.69) is 6.07 Å². The number of hydrogen-bond acceptors (Lipinski definition) is 2. The molecule has 1 atom stereocenters. The smallest absolute Gasteiger partial charge is 0.325 e. The van der Waals surface area contributed by atoms with Crippen molar-refractivity contribution in [3.63, 3.8) is 0 Å². The number of carboxylic acids is 1. The van der Waals surface area contributed by atoms with Crippen molar-refractivity contribution in [2.24, 2.45) is 5.73 Å². The molecular formula is C8H8NO2. The van der Waals surface area contributed by atoms with Gasteiger partial charge >= 0.3 is 5.97 Å². The van der Waals surface area contributed by atoms with E-state index in [-0.39, 0.29) is 0 Å². The lowest BCUT2D eigenvalue weighted by Gasteiger charge is -2.04. The molecule has 1 aromatic rings. The molecule has 0 spiro atoms. The fraction of sp³-hybridized carbons (Fsp3) is 0.125. The number of carbonyl (C=O) groups is 1. The predicted octanol–water partition coefficient (Wildman–Crippen LogP) is 0.571. The van der Waals surface area contributed by atoms with Crippen LogP contribution in [0.25, 0.3) is 0 Å². The summed E-state index contributed by atoms with van der Waals surface area (Å²) in [6.45, 7) is 0. The molecular weight excluding hydrogens is 142 g/mol. The highest BCUT2D eigenvalue weighted by atomic mass is 16.4. The van der Waals surface area contributed by atoms with E-state index in [9.17, 15) is 4.79 Å². The number of carboxylic acid groups (broad SMARTS) is 1. The fourth-order valence-corrected chi connectivity index (χ4v) is 0.743. The molecule has 0 bridgehead atoms. The van der Waals surface area contributed by atoms with Crippen molar-refractivity contribution in [2.45, 2.75) is 6.04 Å². The summed E-state index contributed by atoms with van der Waals surface area (Å²) in [5.74, 6) is -1.02. The molecule has 3 N–H and O–H groups in total. The first-order valence-corrected chi connectivity index (χ1v) is 3.16. The van der Waals surface area contributed by atoms with Crippen LogP contribution in [0, 0.1) is 6.07 Å². The maximum Gasteiger partial charge on any atom is 0.325 e. The summed E-state index contributed by atoms with van der Waals surface area (Å²) in [7, 11) is 0. The van der Waals surface area contributed by atoms with E-state index in [0.29, 0.717) is 5.56 Å². The molecule has 1 rings (SSSR count). The summed E-state index contributed by atoms with van der Waals surface area (Å²) in [4.78, 5) is 10.4. The minimum absolute atomic E-state index is 0.569. The topological polar surface area (TPSA) is 63.3 Å². The maximum atomic E-state index is 10.4. The second-order valence-corrected chi connectivity index (χ2v) is 2.15. The Morgan fingerprint density at radius 2 is 2.45 bits per heavy atom. The van der Waals surface area contributed by atoms with Gasteiger partial charge in [-0.15, -0.1) is 0 Å². The van der Waals surface area contributed by atoms with Crippen LogP contribution in [0.5, 0.6) is 0 Å². The van der Waals surface area contributed by atoms with Gasteiger partial charge in [-0.3, -0.25) is 4.79 Å². The molecule has 0 saturated carbocycles. The van der Waals surface area contributed by atoms with Crippen LogP contribution in [-0.4, -0.2) is 11.1 Å². The van der Waals surface area contributed by atoms with Gasteiger partial charge in [-0.05, 0) is 17.7 Å². The highest BCUT2D eigenvalue weighted by Gasteiger charge is 2.12. The van der Waals surface area contributed by atoms with E-state index in [1.54, 1.807) is 24.3 Å². The number of benzene rings is 1. The zero-order valence-electron chi connectivity index (χ0n) is 5.82. The maximum absolute atomic E-state index is 10.4. The largest absolute Gasteiger partial charge is 0.480 e. The SMILES string of the molecule is NC(C(=O)O)c1c[c]ccc1. The van der Waals surface area contributed by atoms with Gasteiger partial charge < -0.3 is 10.8 Å². The molecule has 0 aliphatic carbocycles. The van der Waals surface area contributed by atoms with Crippen molar-refractivity contribution in [3.05, 3.63) is 35.9 Å². The van der Waals surface area contributed by atoms with Crippen LogP contribution in [0.2, 0.25) is 0 Å². The van der Waals surface area contributed by atoms with Gasteiger partial charge in [-0.2, -0.15) is 0 Å². The lowest BCUT2D eigenvalue weighted by Crippen LogP contribution is -2.20. The molecule has 0 heterocycles. The molecule has 1 aromatic carbocycles. The zero-order chi connectivity index (χ0) is 8.27. The summed E-state index contributed by atoms with van der Waals surface area (Å²) in [6.07, 6.45) is 0. The lowest BCUT2D eigenvalue weighted by atomic mass is 10.1. The average Bonchev–Trinajstić information content (AvgIpc) is 2.05. The van der Waals surface area contributed by atoms with Crippen molar-refractivity contribution in [2.75, 3.05) is 0 Å². The lowest BCUT2D eigenvalue weighted by molar-refractivity contribution is -0.138. The van der Waals surface area contributed by atoms with E-state index in [1.165, 1.54) is 0 Å². The summed E-state index contributed by atoms with van der Waals surface area (Å²) in [6, 6.07) is 8.45. The Kier molecular flexibility index (Phi) is 2.23. The monoisotopic (exact) mass is 150 g/mol. The van der Waals surface area contributed by atoms with Crippen molar-refractivity contribution in [1.82, 2.24) is 0 Å². The van der Waals surface area contributed by atoms with Gasteiger partial charge in [-0.1, -0.05) is 18.2 Å². The van der Waals surface area contributed by atoms with Crippen molar-refractivity contribution in [1.29, 1.82) is 0 Å². The molecule has 0 aromatic heterocycles. The second-order valence-electron chi connectivity index (χ2n) is 2.15. The van der Waals surface area contributed by atoms with E-state index in [0.717, 1.165) is 0 Å². The second kappa shape index (κ2) is 3.16. The first kappa shape index (κ1) is 7.75. The number of rotatable bonds is 2. The minimum Gasteiger partial charge on any atom is -0.480 e. The Morgan fingerprint density at radius 3 is 2.91 bits per heavy atom. The molecule has 3 heteroatoms. The first-order chi connectivity index (χ1) is 5.22. The fourth-order valence-electron chi connectivity index (χ4n) is 0.743. The van der Waals surface area contributed by atoms with Crippen LogP contribution in [0.3, 0.4) is 0 Å². The van der Waals surface area contributed by atoms with Gasteiger partial charge in [0.05, 0.1) is 0 Å². The van der Waals surface area contributed by atoms with Crippen molar-refractivity contribution < 1.29 is 9.90 Å². The molecule has 0 aliphatic rings. The molecule has 0 aliphatic heterocycles. The number of hydrogen-bond donors (Lipinski definition) is 2. The Morgan fingerprint density at radius 1 is 1.73 bits per heavy atom. The van der Waals surface area contributed by atoms with Crippen LogP contribution >= 0.6 is 0 Å². The quantitative estimate of drug-likeness (QED) is 0.647. The molecule has 0 fully saturated rings. The van der Waals surface area contributed by atoms with E-state index in [1.807, 2.05) is 0 Å². The van der Waals surface area contributed by atoms with Gasteiger partial charge in [-0.25, -0.2) is 0 Å². The van der Waals surface area contributed by atoms with Gasteiger partial charge in [0.25, 0.3) is 0 Å². The Labute approximate surface area is 64.5 Å².